The van der Waals surface area contributed by atoms with Crippen LogP contribution in [-0.2, 0) is 11.3 Å². The molecule has 35 heavy (non-hydrogen) atoms. The fraction of sp³-hybridized carbons (Fsp3) is 0.385. The summed E-state index contributed by atoms with van der Waals surface area (Å²) in [6.45, 7) is 7.79. The van der Waals surface area contributed by atoms with Gasteiger partial charge in [0.2, 0.25) is 0 Å². The maximum atomic E-state index is 12.6. The number of H-pyrrole nitrogens is 1. The minimum absolute atomic E-state index is 0.0893. The number of aromatic amines is 1. The number of ether oxygens (including phenoxy) is 1. The van der Waals surface area contributed by atoms with Gasteiger partial charge in [0.05, 0.1) is 11.1 Å². The average Bonchev–Trinajstić information content (AvgIpc) is 3.49. The van der Waals surface area contributed by atoms with Gasteiger partial charge in [0, 0.05) is 31.5 Å². The van der Waals surface area contributed by atoms with E-state index < -0.39 is 5.60 Å². The summed E-state index contributed by atoms with van der Waals surface area (Å²) in [5.41, 5.74) is 2.66. The number of carbonyl (C=O) groups is 2. The van der Waals surface area contributed by atoms with E-state index in [1.54, 1.807) is 22.8 Å². The Morgan fingerprint density at radius 2 is 1.89 bits per heavy atom. The second-order valence-electron chi connectivity index (χ2n) is 9.82. The molecule has 1 aromatic heterocycles. The van der Waals surface area contributed by atoms with E-state index in [0.717, 1.165) is 30.8 Å². The third kappa shape index (κ3) is 6.38. The molecular formula is C26H33N6O3+. The molecule has 0 bridgehead atoms. The van der Waals surface area contributed by atoms with Crippen LogP contribution < -0.4 is 14.9 Å². The highest BCUT2D eigenvalue weighted by molar-refractivity contribution is 6.02. The van der Waals surface area contributed by atoms with Crippen molar-refractivity contribution in [3.63, 3.8) is 0 Å². The summed E-state index contributed by atoms with van der Waals surface area (Å²) in [7, 11) is 1.79. The summed E-state index contributed by atoms with van der Waals surface area (Å²) in [6, 6.07) is 17.8. The molecule has 1 fully saturated rings. The molecule has 1 aliphatic rings. The largest absolute Gasteiger partial charge is 0.444 e. The van der Waals surface area contributed by atoms with Crippen molar-refractivity contribution in [3.05, 3.63) is 72.1 Å². The quantitative estimate of drug-likeness (QED) is 0.531. The number of hydrogen-bond acceptors (Lipinski definition) is 5. The van der Waals surface area contributed by atoms with Crippen LogP contribution in [0.4, 0.5) is 16.2 Å². The lowest BCUT2D eigenvalue weighted by Crippen LogP contribution is -2.42. The van der Waals surface area contributed by atoms with Gasteiger partial charge in [-0.15, -0.1) is 0 Å². The number of likely N-dealkylation sites (N-methyl/N-ethyl adjacent to an activating group) is 1. The van der Waals surface area contributed by atoms with Gasteiger partial charge in [-0.05, 0) is 57.0 Å². The van der Waals surface area contributed by atoms with Gasteiger partial charge in [0.1, 0.15) is 12.1 Å². The number of rotatable bonds is 6. The lowest BCUT2D eigenvalue weighted by molar-refractivity contribution is -0.745. The molecule has 0 radical (unpaired) electrons. The van der Waals surface area contributed by atoms with Crippen LogP contribution in [0.5, 0.6) is 0 Å². The van der Waals surface area contributed by atoms with E-state index in [0.29, 0.717) is 17.9 Å². The summed E-state index contributed by atoms with van der Waals surface area (Å²) >= 11 is 0. The van der Waals surface area contributed by atoms with E-state index in [4.69, 9.17) is 4.74 Å². The molecule has 2 heterocycles. The lowest BCUT2D eigenvalue weighted by atomic mass is 10.2. The predicted octanol–water partition coefficient (Wildman–Crippen LogP) is 3.44. The van der Waals surface area contributed by atoms with Gasteiger partial charge in [-0.25, -0.2) is 4.79 Å². The van der Waals surface area contributed by atoms with Crippen LogP contribution in [0.15, 0.2) is 60.8 Å². The fourth-order valence-corrected chi connectivity index (χ4v) is 4.02. The zero-order valence-electron chi connectivity index (χ0n) is 20.7. The van der Waals surface area contributed by atoms with Crippen molar-refractivity contribution in [2.24, 2.45) is 0 Å². The zero-order valence-corrected chi connectivity index (χ0v) is 20.7. The van der Waals surface area contributed by atoms with E-state index in [2.05, 4.69) is 20.5 Å². The van der Waals surface area contributed by atoms with Crippen molar-refractivity contribution in [1.82, 2.24) is 15.2 Å². The summed E-state index contributed by atoms with van der Waals surface area (Å²) < 4.78 is 7.26. The molecule has 1 unspecified atom stereocenters. The average molecular weight is 478 g/mol. The van der Waals surface area contributed by atoms with Crippen LogP contribution in [0.25, 0.3) is 0 Å². The summed E-state index contributed by atoms with van der Waals surface area (Å²) in [4.78, 5) is 28.9. The molecule has 1 aliphatic heterocycles. The van der Waals surface area contributed by atoms with Crippen molar-refractivity contribution in [2.75, 3.05) is 30.4 Å². The van der Waals surface area contributed by atoms with Gasteiger partial charge in [-0.1, -0.05) is 35.5 Å². The van der Waals surface area contributed by atoms with Crippen LogP contribution in [-0.4, -0.2) is 59.0 Å². The molecule has 3 aromatic rings. The van der Waals surface area contributed by atoms with Crippen LogP contribution in [0.2, 0.25) is 0 Å². The van der Waals surface area contributed by atoms with E-state index in [9.17, 15) is 9.59 Å². The SMILES string of the molecule is CN(C(=O)OC(C)(C)C)C1CCN(c2ccc(NC(=O)c3c[n+](Cc4ccccc4)[nH]n3)cc2)C1. The summed E-state index contributed by atoms with van der Waals surface area (Å²) in [5.74, 6) is -0.277. The normalized spacial score (nSPS) is 15.7. The van der Waals surface area contributed by atoms with Crippen molar-refractivity contribution in [1.29, 1.82) is 0 Å². The molecular weight excluding hydrogens is 444 g/mol. The first-order chi connectivity index (χ1) is 16.7. The monoisotopic (exact) mass is 477 g/mol. The molecule has 0 saturated carbocycles. The smallest absolute Gasteiger partial charge is 0.410 e. The highest BCUT2D eigenvalue weighted by Crippen LogP contribution is 2.25. The number of aromatic nitrogens is 3. The number of benzene rings is 2. The third-order valence-corrected chi connectivity index (χ3v) is 5.89. The standard InChI is InChI=1S/C26H32N6O3/c1-26(2,3)35-25(34)30(4)22-14-15-31(17-22)21-12-10-20(11-13-21)27-24(33)23-18-32(29-28-23)16-19-8-6-5-7-9-19/h5-13,18,22H,14-17H2,1-4H3,(H,27,33)/p+1. The topological polar surface area (TPSA) is 94.4 Å². The molecule has 0 spiro atoms. The maximum absolute atomic E-state index is 12.6. The van der Waals surface area contributed by atoms with Crippen LogP contribution >= 0.6 is 0 Å². The molecule has 9 nitrogen and oxygen atoms in total. The molecule has 0 aliphatic carbocycles. The Morgan fingerprint density at radius 1 is 1.17 bits per heavy atom. The number of nitrogens with zero attached hydrogens (tertiary/aromatic N) is 4. The van der Waals surface area contributed by atoms with Crippen molar-refractivity contribution in [2.45, 2.75) is 45.4 Å². The first-order valence-electron chi connectivity index (χ1n) is 11.8. The Balaban J connectivity index is 1.31. The molecule has 2 amide bonds. The van der Waals surface area contributed by atoms with Crippen molar-refractivity contribution < 1.29 is 19.0 Å². The molecule has 2 N–H and O–H groups in total. The number of hydrogen-bond donors (Lipinski definition) is 2. The first-order valence-corrected chi connectivity index (χ1v) is 11.8. The van der Waals surface area contributed by atoms with E-state index in [-0.39, 0.29) is 18.0 Å². The number of carbonyl (C=O) groups excluding carboxylic acids is 2. The lowest BCUT2D eigenvalue weighted by Gasteiger charge is -2.28. The molecule has 2 aromatic carbocycles. The van der Waals surface area contributed by atoms with Gasteiger partial charge in [-0.3, -0.25) is 4.79 Å². The summed E-state index contributed by atoms with van der Waals surface area (Å²) in [5, 5.41) is 9.88. The molecule has 1 saturated heterocycles. The second kappa shape index (κ2) is 10.2. The molecule has 9 heteroatoms. The molecule has 184 valence electrons. The Hall–Kier alpha value is -3.88. The minimum Gasteiger partial charge on any atom is -0.444 e. The Morgan fingerprint density at radius 3 is 2.57 bits per heavy atom. The van der Waals surface area contributed by atoms with E-state index in [1.165, 1.54) is 0 Å². The summed E-state index contributed by atoms with van der Waals surface area (Å²) in [6.07, 6.45) is 2.27. The highest BCUT2D eigenvalue weighted by Gasteiger charge is 2.31. The maximum Gasteiger partial charge on any atom is 0.410 e. The molecule has 4 rings (SSSR count). The highest BCUT2D eigenvalue weighted by atomic mass is 16.6. The number of anilines is 2. The number of amides is 2. The van der Waals surface area contributed by atoms with Crippen molar-refractivity contribution >= 4 is 23.4 Å². The molecule has 1 atom stereocenters. The van der Waals surface area contributed by atoms with Crippen LogP contribution in [0, 0.1) is 0 Å². The van der Waals surface area contributed by atoms with E-state index >= 15 is 0 Å². The Bertz CT molecular complexity index is 1150. The van der Waals surface area contributed by atoms with E-state index in [1.807, 2.05) is 75.4 Å². The van der Waals surface area contributed by atoms with Crippen LogP contribution in [0.1, 0.15) is 43.2 Å². The third-order valence-electron chi connectivity index (χ3n) is 5.89. The van der Waals surface area contributed by atoms with Crippen molar-refractivity contribution in [3.8, 4) is 0 Å². The minimum atomic E-state index is -0.512. The first kappa shape index (κ1) is 24.3. The predicted molar refractivity (Wildman–Crippen MR) is 133 cm³/mol. The zero-order chi connectivity index (χ0) is 25.0. The Kier molecular flexibility index (Phi) is 7.04. The van der Waals surface area contributed by atoms with Gasteiger partial charge in [0.15, 0.2) is 6.20 Å². The van der Waals surface area contributed by atoms with Crippen LogP contribution in [0.3, 0.4) is 0 Å². The Labute approximate surface area is 205 Å². The van der Waals surface area contributed by atoms with Gasteiger partial charge in [-0.2, -0.15) is 4.68 Å². The fourth-order valence-electron chi connectivity index (χ4n) is 4.02. The van der Waals surface area contributed by atoms with Gasteiger partial charge >= 0.3 is 17.7 Å². The second-order valence-corrected chi connectivity index (χ2v) is 9.82. The van der Waals surface area contributed by atoms with Gasteiger partial charge in [0.25, 0.3) is 0 Å². The van der Waals surface area contributed by atoms with Gasteiger partial charge < -0.3 is 19.9 Å². The number of nitrogens with one attached hydrogen (secondary N) is 2.